The number of nitrogens with one attached hydrogen (secondary N) is 1. The van der Waals surface area contributed by atoms with Crippen LogP contribution in [-0.4, -0.2) is 61.9 Å². The molecule has 8 nitrogen and oxygen atoms in total. The molecule has 10 heteroatoms. The third-order valence-corrected chi connectivity index (χ3v) is 7.09. The van der Waals surface area contributed by atoms with Gasteiger partial charge in [-0.25, -0.2) is 8.42 Å². The molecule has 1 aliphatic rings. The molecule has 0 amide bonds. The van der Waals surface area contributed by atoms with Gasteiger partial charge in [0.2, 0.25) is 0 Å². The van der Waals surface area contributed by atoms with Crippen molar-refractivity contribution in [3.63, 3.8) is 0 Å². The lowest BCUT2D eigenvalue weighted by Crippen LogP contribution is -2.57. The van der Waals surface area contributed by atoms with Crippen LogP contribution in [-0.2, 0) is 14.6 Å². The Hall–Kier alpha value is -1.23. The predicted molar refractivity (Wildman–Crippen MR) is 98.2 cm³/mol. The Balaban J connectivity index is 2.17. The SMILES string of the molecule is CC1CN(C(C)(C)CNc2sc(S(C)(=O)=O)cc2[N+](=O)[O-])CC(C)O1. The van der Waals surface area contributed by atoms with Crippen LogP contribution >= 0.6 is 11.3 Å². The molecule has 2 rings (SSSR count). The van der Waals surface area contributed by atoms with Crippen LogP contribution in [0.15, 0.2) is 10.3 Å². The summed E-state index contributed by atoms with van der Waals surface area (Å²) in [4.78, 5) is 13.0. The molecule has 0 saturated carbocycles. The van der Waals surface area contributed by atoms with Crippen LogP contribution in [0.1, 0.15) is 27.7 Å². The minimum absolute atomic E-state index is 0.00637. The van der Waals surface area contributed by atoms with E-state index >= 15 is 0 Å². The van der Waals surface area contributed by atoms with Gasteiger partial charge in [-0.3, -0.25) is 15.0 Å². The van der Waals surface area contributed by atoms with Crippen LogP contribution < -0.4 is 5.32 Å². The third-order valence-electron chi connectivity index (χ3n) is 4.21. The van der Waals surface area contributed by atoms with Gasteiger partial charge in [0, 0.05) is 37.5 Å². The van der Waals surface area contributed by atoms with E-state index < -0.39 is 14.8 Å². The first-order valence-electron chi connectivity index (χ1n) is 8.03. The predicted octanol–water partition coefficient (Wildman–Crippen LogP) is 2.36. The highest BCUT2D eigenvalue weighted by Gasteiger charge is 2.34. The van der Waals surface area contributed by atoms with Gasteiger partial charge in [0.1, 0.15) is 4.21 Å². The number of anilines is 1. The number of rotatable bonds is 6. The topological polar surface area (TPSA) is 102 Å². The van der Waals surface area contributed by atoms with E-state index in [4.69, 9.17) is 4.74 Å². The summed E-state index contributed by atoms with van der Waals surface area (Å²) in [6.07, 6.45) is 1.29. The Kier molecular flexibility index (Phi) is 5.77. The maximum Gasteiger partial charge on any atom is 0.304 e. The number of nitro groups is 1. The van der Waals surface area contributed by atoms with Crippen molar-refractivity contribution in [1.82, 2.24) is 4.90 Å². The fourth-order valence-electron chi connectivity index (χ4n) is 2.89. The molecule has 1 fully saturated rings. The minimum Gasteiger partial charge on any atom is -0.373 e. The van der Waals surface area contributed by atoms with Crippen molar-refractivity contribution in [3.05, 3.63) is 16.2 Å². The molecule has 142 valence electrons. The highest BCUT2D eigenvalue weighted by Crippen LogP contribution is 2.37. The first-order valence-corrected chi connectivity index (χ1v) is 10.7. The standard InChI is InChI=1S/C15H25N3O5S2/c1-10-7-17(8-11(2)23-10)15(3,4)9-16-14-12(18(19)20)6-13(24-14)25(5,21)22/h6,10-11,16H,7-9H2,1-5H3. The largest absolute Gasteiger partial charge is 0.373 e. The van der Waals surface area contributed by atoms with E-state index in [1.807, 2.05) is 13.8 Å². The van der Waals surface area contributed by atoms with Gasteiger partial charge >= 0.3 is 5.69 Å². The van der Waals surface area contributed by atoms with E-state index in [0.29, 0.717) is 6.54 Å². The van der Waals surface area contributed by atoms with E-state index in [-0.39, 0.29) is 32.6 Å². The van der Waals surface area contributed by atoms with E-state index in [2.05, 4.69) is 24.1 Å². The van der Waals surface area contributed by atoms with Gasteiger partial charge in [0.05, 0.1) is 17.1 Å². The molecule has 2 heterocycles. The summed E-state index contributed by atoms with van der Waals surface area (Å²) in [5.41, 5.74) is -0.472. The zero-order chi connectivity index (χ0) is 19.0. The van der Waals surface area contributed by atoms with Crippen LogP contribution in [0.5, 0.6) is 0 Å². The Morgan fingerprint density at radius 2 is 1.96 bits per heavy atom. The number of ether oxygens (including phenoxy) is 1. The second kappa shape index (κ2) is 7.18. The van der Waals surface area contributed by atoms with Crippen LogP contribution in [0.4, 0.5) is 10.7 Å². The number of hydrogen-bond donors (Lipinski definition) is 1. The number of hydrogen-bond acceptors (Lipinski definition) is 8. The normalized spacial score (nSPS) is 22.8. The minimum atomic E-state index is -3.48. The van der Waals surface area contributed by atoms with E-state index in [9.17, 15) is 18.5 Å². The van der Waals surface area contributed by atoms with Crippen LogP contribution in [0.25, 0.3) is 0 Å². The first-order chi connectivity index (χ1) is 11.4. The molecule has 25 heavy (non-hydrogen) atoms. The second-order valence-corrected chi connectivity index (χ2v) is 10.4. The summed E-state index contributed by atoms with van der Waals surface area (Å²) in [7, 11) is -3.48. The maximum atomic E-state index is 11.7. The first kappa shape index (κ1) is 20.1. The number of sulfone groups is 1. The molecule has 1 N–H and O–H groups in total. The summed E-state index contributed by atoms with van der Waals surface area (Å²) in [5, 5.41) is 14.6. The van der Waals surface area contributed by atoms with E-state index in [1.54, 1.807) is 0 Å². The monoisotopic (exact) mass is 391 g/mol. The number of thiophene rings is 1. The Bertz CT molecular complexity index is 734. The van der Waals surface area contributed by atoms with Crippen molar-refractivity contribution >= 4 is 31.9 Å². The lowest BCUT2D eigenvalue weighted by molar-refractivity contribution is -0.383. The fourth-order valence-corrected chi connectivity index (χ4v) is 4.82. The Morgan fingerprint density at radius 1 is 1.40 bits per heavy atom. The van der Waals surface area contributed by atoms with Gasteiger partial charge < -0.3 is 10.1 Å². The summed E-state index contributed by atoms with van der Waals surface area (Å²) in [6, 6.07) is 1.12. The fraction of sp³-hybridized carbons (Fsp3) is 0.733. The van der Waals surface area contributed by atoms with Gasteiger partial charge in [0.25, 0.3) is 0 Å². The molecule has 2 atom stereocenters. The van der Waals surface area contributed by atoms with Crippen LogP contribution in [0.3, 0.4) is 0 Å². The Labute approximate surface area is 152 Å². The van der Waals surface area contributed by atoms with Gasteiger partial charge in [-0.2, -0.15) is 0 Å². The summed E-state index contributed by atoms with van der Waals surface area (Å²) in [6.45, 7) is 10.2. The molecule has 1 aromatic heterocycles. The molecule has 2 unspecified atom stereocenters. The highest BCUT2D eigenvalue weighted by molar-refractivity contribution is 7.92. The molecule has 0 bridgehead atoms. The van der Waals surface area contributed by atoms with Crippen molar-refractivity contribution in [1.29, 1.82) is 0 Å². The maximum absolute atomic E-state index is 11.7. The quantitative estimate of drug-likeness (QED) is 0.586. The van der Waals surface area contributed by atoms with Gasteiger partial charge in [-0.1, -0.05) is 11.3 Å². The molecular weight excluding hydrogens is 366 g/mol. The second-order valence-electron chi connectivity index (χ2n) is 7.14. The molecule has 0 radical (unpaired) electrons. The molecule has 1 aliphatic heterocycles. The molecule has 0 aromatic carbocycles. The van der Waals surface area contributed by atoms with Crippen molar-refractivity contribution in [3.8, 4) is 0 Å². The highest BCUT2D eigenvalue weighted by atomic mass is 32.2. The molecule has 0 spiro atoms. The zero-order valence-corrected chi connectivity index (χ0v) is 16.7. The van der Waals surface area contributed by atoms with Crippen LogP contribution in [0, 0.1) is 10.1 Å². The lowest BCUT2D eigenvalue weighted by Gasteiger charge is -2.45. The third kappa shape index (κ3) is 4.90. The molecule has 1 aromatic rings. The molecule has 0 aliphatic carbocycles. The van der Waals surface area contributed by atoms with Gasteiger partial charge in [0.15, 0.2) is 14.8 Å². The van der Waals surface area contributed by atoms with Crippen molar-refractivity contribution < 1.29 is 18.1 Å². The van der Waals surface area contributed by atoms with Crippen LogP contribution in [0.2, 0.25) is 0 Å². The average Bonchev–Trinajstić information content (AvgIpc) is 2.88. The smallest absolute Gasteiger partial charge is 0.304 e. The van der Waals surface area contributed by atoms with Gasteiger partial charge in [-0.05, 0) is 27.7 Å². The van der Waals surface area contributed by atoms with Crippen molar-refractivity contribution in [2.24, 2.45) is 0 Å². The Morgan fingerprint density at radius 3 is 2.44 bits per heavy atom. The zero-order valence-electron chi connectivity index (χ0n) is 15.1. The lowest BCUT2D eigenvalue weighted by atomic mass is 10.00. The molecular formula is C15H25N3O5S2. The summed E-state index contributed by atoms with van der Waals surface area (Å²) < 4.78 is 29.1. The molecule has 1 saturated heterocycles. The van der Waals surface area contributed by atoms with Crippen molar-refractivity contribution in [2.75, 3.05) is 31.2 Å². The number of morpholine rings is 1. The van der Waals surface area contributed by atoms with E-state index in [1.165, 1.54) is 0 Å². The van der Waals surface area contributed by atoms with Gasteiger partial charge in [-0.15, -0.1) is 0 Å². The number of nitrogens with zero attached hydrogens (tertiary/aromatic N) is 2. The van der Waals surface area contributed by atoms with E-state index in [0.717, 1.165) is 36.7 Å². The summed E-state index contributed by atoms with van der Waals surface area (Å²) in [5.74, 6) is 0. The average molecular weight is 392 g/mol. The van der Waals surface area contributed by atoms with Crippen molar-refractivity contribution in [2.45, 2.75) is 49.7 Å². The summed E-state index contributed by atoms with van der Waals surface area (Å²) >= 11 is 0.899.